The molecule has 0 spiro atoms. The molecule has 0 radical (unpaired) electrons. The second kappa shape index (κ2) is 10.2. The van der Waals surface area contributed by atoms with Crippen LogP contribution in [0, 0.1) is 0 Å². The number of thiazole rings is 1. The van der Waals surface area contributed by atoms with Crippen LogP contribution >= 0.6 is 33.1 Å². The molecule has 2 aliphatic heterocycles. The fourth-order valence-corrected chi connectivity index (χ4v) is 11.1. The van der Waals surface area contributed by atoms with Crippen molar-refractivity contribution in [2.45, 2.75) is 5.16 Å². The van der Waals surface area contributed by atoms with Crippen molar-refractivity contribution in [3.63, 3.8) is 0 Å². The predicted molar refractivity (Wildman–Crippen MR) is 161 cm³/mol. The lowest BCUT2D eigenvalue weighted by Gasteiger charge is -2.48. The highest BCUT2D eigenvalue weighted by molar-refractivity contribution is 8.46. The lowest BCUT2D eigenvalue weighted by atomic mass is 10.00. The van der Waals surface area contributed by atoms with Crippen LogP contribution in [0.4, 0.5) is 0 Å². The summed E-state index contributed by atoms with van der Waals surface area (Å²) in [6, 6.07) is 15.9. The lowest BCUT2D eigenvalue weighted by Crippen LogP contribution is -2.39. The second-order valence-electron chi connectivity index (χ2n) is 9.34. The highest BCUT2D eigenvalue weighted by Gasteiger charge is 2.54. The van der Waals surface area contributed by atoms with Gasteiger partial charge in [0.05, 0.1) is 39.7 Å². The molecule has 1 aromatic carbocycles. The SMILES string of the molecule is c1cnc(S2(N3CCOCC3)C(c3csnn3)=C(c3cncs3)C(c3cc4ccccc4o3)=C2c2ccco2)nc1. The summed E-state index contributed by atoms with van der Waals surface area (Å²) in [6.45, 7) is 2.54. The third-order valence-corrected chi connectivity index (χ3v) is 12.3. The van der Waals surface area contributed by atoms with Crippen LogP contribution in [-0.4, -0.2) is 55.1 Å². The van der Waals surface area contributed by atoms with E-state index < -0.39 is 10.2 Å². The molecule has 9 nitrogen and oxygen atoms in total. The number of fused-ring (bicyclic) bond motifs is 1. The van der Waals surface area contributed by atoms with E-state index in [0.717, 1.165) is 54.0 Å². The van der Waals surface area contributed by atoms with Gasteiger partial charge in [0.2, 0.25) is 0 Å². The third kappa shape index (κ3) is 3.86. The van der Waals surface area contributed by atoms with Crippen LogP contribution < -0.4 is 0 Å². The molecule has 7 heterocycles. The maximum Gasteiger partial charge on any atom is 0.191 e. The average molecular weight is 599 g/mol. The van der Waals surface area contributed by atoms with E-state index in [4.69, 9.17) is 23.5 Å². The Hall–Kier alpha value is -3.94. The number of para-hydroxylation sites is 1. The van der Waals surface area contributed by atoms with E-state index in [9.17, 15) is 0 Å². The van der Waals surface area contributed by atoms with Gasteiger partial charge in [-0.25, -0.2) is 14.3 Å². The molecule has 1 unspecified atom stereocenters. The van der Waals surface area contributed by atoms with Crippen LogP contribution in [0.25, 0.3) is 31.9 Å². The van der Waals surface area contributed by atoms with Gasteiger partial charge in [-0.05, 0) is 41.9 Å². The van der Waals surface area contributed by atoms with Crippen molar-refractivity contribution in [2.75, 3.05) is 26.3 Å². The van der Waals surface area contributed by atoms with E-state index in [-0.39, 0.29) is 0 Å². The molecule has 5 aromatic heterocycles. The summed E-state index contributed by atoms with van der Waals surface area (Å²) in [5.74, 6) is 1.47. The van der Waals surface area contributed by atoms with Gasteiger partial charge in [-0.15, -0.1) is 16.4 Å². The van der Waals surface area contributed by atoms with Crippen LogP contribution in [0.5, 0.6) is 0 Å². The molecule has 1 atom stereocenters. The zero-order valence-electron chi connectivity index (χ0n) is 21.5. The molecule has 6 aromatic rings. The third-order valence-electron chi connectivity index (χ3n) is 7.15. The number of rotatable bonds is 6. The van der Waals surface area contributed by atoms with Crippen LogP contribution in [0.1, 0.15) is 22.1 Å². The molecule has 0 N–H and O–H groups in total. The van der Waals surface area contributed by atoms with Crippen molar-refractivity contribution in [2.24, 2.45) is 0 Å². The maximum atomic E-state index is 6.64. The van der Waals surface area contributed by atoms with Gasteiger partial charge in [0.1, 0.15) is 22.8 Å². The summed E-state index contributed by atoms with van der Waals surface area (Å²) in [4.78, 5) is 17.4. The minimum Gasteiger partial charge on any atom is -0.464 e. The van der Waals surface area contributed by atoms with Gasteiger partial charge >= 0.3 is 0 Å². The fraction of sp³-hybridized carbons (Fsp3) is 0.138. The molecule has 0 aliphatic carbocycles. The Balaban J connectivity index is 1.59. The Labute approximate surface area is 244 Å². The van der Waals surface area contributed by atoms with E-state index in [1.807, 2.05) is 53.5 Å². The predicted octanol–water partition coefficient (Wildman–Crippen LogP) is 6.69. The van der Waals surface area contributed by atoms with Gasteiger partial charge in [-0.1, -0.05) is 32.9 Å². The molecular formula is C29H22N6O3S3. The zero-order chi connectivity index (χ0) is 27.2. The summed E-state index contributed by atoms with van der Waals surface area (Å²) in [5.41, 5.74) is 5.36. The smallest absolute Gasteiger partial charge is 0.191 e. The largest absolute Gasteiger partial charge is 0.464 e. The highest BCUT2D eigenvalue weighted by atomic mass is 32.3. The first-order valence-electron chi connectivity index (χ1n) is 13.0. The number of aromatic nitrogens is 5. The highest BCUT2D eigenvalue weighted by Crippen LogP contribution is 2.82. The minimum atomic E-state index is -2.36. The van der Waals surface area contributed by atoms with Gasteiger partial charge in [-0.2, -0.15) is 0 Å². The molecule has 8 rings (SSSR count). The quantitative estimate of drug-likeness (QED) is 0.194. The Morgan fingerprint density at radius 3 is 2.51 bits per heavy atom. The number of morpholine rings is 1. The topological polar surface area (TPSA) is 103 Å². The van der Waals surface area contributed by atoms with Crippen molar-refractivity contribution >= 4 is 65.0 Å². The number of allylic oxidation sites excluding steroid dienone is 2. The summed E-state index contributed by atoms with van der Waals surface area (Å²) in [6.07, 6.45) is 7.23. The first kappa shape index (κ1) is 24.8. The van der Waals surface area contributed by atoms with Gasteiger partial charge in [0.15, 0.2) is 5.16 Å². The number of furan rings is 2. The summed E-state index contributed by atoms with van der Waals surface area (Å²) in [5, 5.41) is 8.39. The monoisotopic (exact) mass is 598 g/mol. The Bertz CT molecular complexity index is 1840. The van der Waals surface area contributed by atoms with Crippen molar-refractivity contribution in [3.8, 4) is 0 Å². The molecule has 12 heteroatoms. The number of ether oxygens (including phenoxy) is 1. The molecule has 1 saturated heterocycles. The molecule has 1 fully saturated rings. The number of nitrogens with zero attached hydrogens (tertiary/aromatic N) is 6. The van der Waals surface area contributed by atoms with E-state index in [2.05, 4.69) is 31.0 Å². The van der Waals surface area contributed by atoms with Crippen LogP contribution in [-0.2, 0) is 4.74 Å². The van der Waals surface area contributed by atoms with E-state index in [1.165, 1.54) is 11.5 Å². The zero-order valence-corrected chi connectivity index (χ0v) is 24.0. The minimum absolute atomic E-state index is 0.589. The number of benzene rings is 1. The number of hydrogen-bond donors (Lipinski definition) is 0. The van der Waals surface area contributed by atoms with Crippen LogP contribution in [0.3, 0.4) is 0 Å². The van der Waals surface area contributed by atoms with Gasteiger partial charge < -0.3 is 13.6 Å². The van der Waals surface area contributed by atoms with Gasteiger partial charge in [-0.3, -0.25) is 4.98 Å². The fourth-order valence-electron chi connectivity index (χ4n) is 5.57. The van der Waals surface area contributed by atoms with Gasteiger partial charge in [0, 0.05) is 53.6 Å². The van der Waals surface area contributed by atoms with Crippen molar-refractivity contribution in [1.82, 2.24) is 28.8 Å². The Morgan fingerprint density at radius 1 is 0.902 bits per heavy atom. The molecule has 0 bridgehead atoms. The molecule has 41 heavy (non-hydrogen) atoms. The number of hydrogen-bond acceptors (Lipinski definition) is 11. The summed E-state index contributed by atoms with van der Waals surface area (Å²) in [7, 11) is -2.36. The average Bonchev–Trinajstić information content (AvgIpc) is 3.85. The van der Waals surface area contributed by atoms with Crippen molar-refractivity contribution in [3.05, 3.63) is 106 Å². The van der Waals surface area contributed by atoms with Gasteiger partial charge in [0.25, 0.3) is 0 Å². The first-order chi connectivity index (χ1) is 20.4. The lowest BCUT2D eigenvalue weighted by molar-refractivity contribution is 0.0760. The van der Waals surface area contributed by atoms with E-state index in [0.29, 0.717) is 31.5 Å². The van der Waals surface area contributed by atoms with E-state index in [1.54, 1.807) is 30.0 Å². The maximum absolute atomic E-state index is 6.64. The summed E-state index contributed by atoms with van der Waals surface area (Å²) < 4.78 is 25.6. The molecular weight excluding hydrogens is 577 g/mol. The molecule has 0 amide bonds. The second-order valence-corrected chi connectivity index (χ2v) is 13.7. The van der Waals surface area contributed by atoms with Crippen LogP contribution in [0.2, 0.25) is 0 Å². The Kier molecular flexibility index (Phi) is 6.15. The normalized spacial score (nSPS) is 21.6. The molecule has 0 saturated carbocycles. The molecule has 204 valence electrons. The van der Waals surface area contributed by atoms with E-state index >= 15 is 0 Å². The van der Waals surface area contributed by atoms with Crippen molar-refractivity contribution < 1.29 is 13.6 Å². The van der Waals surface area contributed by atoms with Crippen LogP contribution in [0.15, 0.2) is 98.3 Å². The summed E-state index contributed by atoms with van der Waals surface area (Å²) >= 11 is 2.90. The molecule has 2 aliphatic rings. The van der Waals surface area contributed by atoms with Crippen molar-refractivity contribution in [1.29, 1.82) is 0 Å². The Morgan fingerprint density at radius 2 is 1.78 bits per heavy atom. The first-order valence-corrected chi connectivity index (χ1v) is 16.3. The standard InChI is InChI=1S/C29H22N6O3S3/c1-2-6-21-19(5-1)15-23(38-21)25-26(24-16-30-18-39-24)27(20-17-40-34-33-20)41(29-31-8-4-9-32-29,35-10-13-36-14-11-35)28(25)22-7-3-12-37-22/h1-9,12,15-18H,10-11,13-14H2.